The minimum absolute atomic E-state index is 0.113. The number of carbonyl (C=O) groups is 2. The number of halogens is 3. The maximum atomic E-state index is 14.0. The Morgan fingerprint density at radius 3 is 1.58 bits per heavy atom. The van der Waals surface area contributed by atoms with Gasteiger partial charge in [0.15, 0.2) is 11.6 Å². The second kappa shape index (κ2) is 11.3. The molecule has 0 heterocycles. The summed E-state index contributed by atoms with van der Waals surface area (Å²) in [6.45, 7) is -0.227. The van der Waals surface area contributed by atoms with Crippen molar-refractivity contribution >= 4 is 23.8 Å². The number of nitrogens with zero attached hydrogens (tertiary/aromatic N) is 1. The third kappa shape index (κ3) is 7.39. The van der Waals surface area contributed by atoms with Gasteiger partial charge in [-0.3, -0.25) is 10.6 Å². The summed E-state index contributed by atoms with van der Waals surface area (Å²) in [6, 6.07) is 18.2. The van der Waals surface area contributed by atoms with E-state index in [9.17, 15) is 22.8 Å². The lowest BCUT2D eigenvalue weighted by Crippen LogP contribution is -2.44. The van der Waals surface area contributed by atoms with Crippen LogP contribution < -0.4 is 10.6 Å². The molecule has 7 nitrogen and oxygen atoms in total. The van der Waals surface area contributed by atoms with E-state index in [1.807, 2.05) is 0 Å². The van der Waals surface area contributed by atoms with Crippen LogP contribution in [0.1, 0.15) is 11.1 Å². The lowest BCUT2D eigenvalue weighted by atomic mass is 10.2. The Balaban J connectivity index is 1.72. The van der Waals surface area contributed by atoms with Crippen molar-refractivity contribution in [1.82, 2.24) is 10.6 Å². The average molecular weight is 457 g/mol. The second-order valence-corrected chi connectivity index (χ2v) is 6.55. The highest BCUT2D eigenvalue weighted by atomic mass is 19.1. The molecule has 0 saturated heterocycles. The zero-order valence-electron chi connectivity index (χ0n) is 17.1. The summed E-state index contributed by atoms with van der Waals surface area (Å²) in [5.41, 5.74) is 0.423. The summed E-state index contributed by atoms with van der Waals surface area (Å²) < 4.78 is 51.2. The van der Waals surface area contributed by atoms with E-state index in [1.54, 1.807) is 60.7 Å². The minimum atomic E-state index is -1.34. The van der Waals surface area contributed by atoms with Crippen molar-refractivity contribution < 1.29 is 32.2 Å². The second-order valence-electron chi connectivity index (χ2n) is 6.55. The lowest BCUT2D eigenvalue weighted by Gasteiger charge is -2.12. The average Bonchev–Trinajstić information content (AvgIpc) is 2.80. The largest absolute Gasteiger partial charge is 0.444 e. The highest BCUT2D eigenvalue weighted by molar-refractivity contribution is 6.02. The fourth-order valence-corrected chi connectivity index (χ4v) is 2.55. The van der Waals surface area contributed by atoms with Crippen molar-refractivity contribution in [3.8, 4) is 0 Å². The van der Waals surface area contributed by atoms with Crippen LogP contribution in [0, 0.1) is 17.5 Å². The van der Waals surface area contributed by atoms with Gasteiger partial charge < -0.3 is 9.47 Å². The summed E-state index contributed by atoms with van der Waals surface area (Å²) >= 11 is 0. The molecular weight excluding hydrogens is 439 g/mol. The first-order chi connectivity index (χ1) is 15.9. The van der Waals surface area contributed by atoms with E-state index in [1.165, 1.54) is 0 Å². The third-order valence-electron chi connectivity index (χ3n) is 4.07. The number of ether oxygens (including phenoxy) is 2. The van der Waals surface area contributed by atoms with E-state index < -0.39 is 41.3 Å². The standard InChI is InChI=1S/C23H18F3N3O4/c24-17-11-18(25)20(19(26)12-17)27-21(28-22(30)32-13-15-7-3-1-4-8-15)29-23(31)33-14-16-9-5-2-6-10-16/h1-12H,13-14H2,(H2,27,28,29,30,31). The van der Waals surface area contributed by atoms with Crippen molar-refractivity contribution in [2.24, 2.45) is 4.99 Å². The van der Waals surface area contributed by atoms with Crippen molar-refractivity contribution in [1.29, 1.82) is 0 Å². The topological polar surface area (TPSA) is 89.0 Å². The van der Waals surface area contributed by atoms with Gasteiger partial charge in [-0.15, -0.1) is 0 Å². The van der Waals surface area contributed by atoms with Gasteiger partial charge in [0, 0.05) is 12.1 Å². The number of guanidine groups is 1. The van der Waals surface area contributed by atoms with Gasteiger partial charge in [-0.1, -0.05) is 60.7 Å². The molecule has 33 heavy (non-hydrogen) atoms. The van der Waals surface area contributed by atoms with Gasteiger partial charge in [0.25, 0.3) is 0 Å². The van der Waals surface area contributed by atoms with Crippen LogP contribution in [-0.2, 0) is 22.7 Å². The van der Waals surface area contributed by atoms with Gasteiger partial charge in [0.2, 0.25) is 5.96 Å². The molecule has 170 valence electrons. The molecule has 0 aliphatic heterocycles. The molecule has 0 radical (unpaired) electrons. The molecule has 2 amide bonds. The smallest absolute Gasteiger partial charge is 0.414 e. The van der Waals surface area contributed by atoms with Crippen LogP contribution in [0.4, 0.5) is 28.4 Å². The molecule has 0 bridgehead atoms. The maximum Gasteiger partial charge on any atom is 0.414 e. The zero-order valence-corrected chi connectivity index (χ0v) is 17.1. The molecule has 0 saturated carbocycles. The molecule has 3 aromatic carbocycles. The third-order valence-corrected chi connectivity index (χ3v) is 4.07. The first kappa shape index (κ1) is 23.3. The Hall–Kier alpha value is -4.34. The number of rotatable bonds is 5. The molecule has 3 rings (SSSR count). The molecule has 2 N–H and O–H groups in total. The van der Waals surface area contributed by atoms with Crippen molar-refractivity contribution in [2.75, 3.05) is 0 Å². The lowest BCUT2D eigenvalue weighted by molar-refractivity contribution is 0.141. The monoisotopic (exact) mass is 457 g/mol. The number of nitrogens with one attached hydrogen (secondary N) is 2. The number of amides is 2. The molecule has 0 unspecified atom stereocenters. The molecule has 3 aromatic rings. The van der Waals surface area contributed by atoms with Crippen LogP contribution in [0.2, 0.25) is 0 Å². The predicted molar refractivity (Wildman–Crippen MR) is 113 cm³/mol. The van der Waals surface area contributed by atoms with E-state index in [-0.39, 0.29) is 13.2 Å². The first-order valence-corrected chi connectivity index (χ1v) is 9.59. The van der Waals surface area contributed by atoms with E-state index >= 15 is 0 Å². The van der Waals surface area contributed by atoms with Crippen LogP contribution in [0.5, 0.6) is 0 Å². The quantitative estimate of drug-likeness (QED) is 0.419. The normalized spacial score (nSPS) is 10.2. The number of carbonyl (C=O) groups excluding carboxylic acids is 2. The number of hydrogen-bond acceptors (Lipinski definition) is 5. The van der Waals surface area contributed by atoms with Gasteiger partial charge >= 0.3 is 12.2 Å². The highest BCUT2D eigenvalue weighted by Crippen LogP contribution is 2.23. The maximum absolute atomic E-state index is 14.0. The van der Waals surface area contributed by atoms with Crippen LogP contribution in [0.3, 0.4) is 0 Å². The summed E-state index contributed by atoms with van der Waals surface area (Å²) in [7, 11) is 0. The molecule has 10 heteroatoms. The zero-order chi connectivity index (χ0) is 23.6. The molecule has 0 atom stereocenters. The predicted octanol–water partition coefficient (Wildman–Crippen LogP) is 4.94. The summed E-state index contributed by atoms with van der Waals surface area (Å²) in [4.78, 5) is 27.9. The fourth-order valence-electron chi connectivity index (χ4n) is 2.55. The number of hydrogen-bond donors (Lipinski definition) is 2. The van der Waals surface area contributed by atoms with E-state index in [2.05, 4.69) is 15.6 Å². The minimum Gasteiger partial charge on any atom is -0.444 e. The van der Waals surface area contributed by atoms with Gasteiger partial charge in [0.1, 0.15) is 24.7 Å². The highest BCUT2D eigenvalue weighted by Gasteiger charge is 2.17. The molecule has 0 aromatic heterocycles. The molecule has 0 aliphatic rings. The Morgan fingerprint density at radius 2 is 1.15 bits per heavy atom. The molecule has 0 spiro atoms. The van der Waals surface area contributed by atoms with Gasteiger partial charge in [-0.05, 0) is 11.1 Å². The van der Waals surface area contributed by atoms with E-state index in [0.717, 1.165) is 0 Å². The van der Waals surface area contributed by atoms with Crippen LogP contribution in [0.15, 0.2) is 77.8 Å². The summed E-state index contributed by atoms with van der Waals surface area (Å²) in [5.74, 6) is -4.53. The summed E-state index contributed by atoms with van der Waals surface area (Å²) in [6.07, 6.45) is -2.13. The van der Waals surface area contributed by atoms with E-state index in [0.29, 0.717) is 23.3 Å². The van der Waals surface area contributed by atoms with Crippen molar-refractivity contribution in [3.63, 3.8) is 0 Å². The van der Waals surface area contributed by atoms with Crippen LogP contribution >= 0.6 is 0 Å². The SMILES string of the molecule is O=C(NC(=Nc1c(F)cc(F)cc1F)NC(=O)OCc1ccccc1)OCc1ccccc1. The van der Waals surface area contributed by atoms with E-state index in [4.69, 9.17) is 9.47 Å². The van der Waals surface area contributed by atoms with Gasteiger partial charge in [-0.2, -0.15) is 0 Å². The number of aliphatic imine (C=N–C) groups is 1. The Bertz CT molecular complexity index is 1060. The Labute approximate surface area is 186 Å². The van der Waals surface area contributed by atoms with Crippen molar-refractivity contribution in [3.05, 3.63) is 101 Å². The first-order valence-electron chi connectivity index (χ1n) is 9.59. The van der Waals surface area contributed by atoms with Gasteiger partial charge in [0.05, 0.1) is 0 Å². The molecule has 0 fully saturated rings. The number of benzene rings is 3. The summed E-state index contributed by atoms with van der Waals surface area (Å²) in [5, 5.41) is 4.17. The molecule has 0 aliphatic carbocycles. The van der Waals surface area contributed by atoms with Crippen molar-refractivity contribution in [2.45, 2.75) is 13.2 Å². The Kier molecular flexibility index (Phi) is 8.01. The van der Waals surface area contributed by atoms with Crippen LogP contribution in [0.25, 0.3) is 0 Å². The molecular formula is C23H18F3N3O4. The van der Waals surface area contributed by atoms with Gasteiger partial charge in [-0.25, -0.2) is 27.8 Å². The number of alkyl carbamates (subject to hydrolysis) is 2. The van der Waals surface area contributed by atoms with Crippen LogP contribution in [-0.4, -0.2) is 18.1 Å². The Morgan fingerprint density at radius 1 is 0.727 bits per heavy atom. The fraction of sp³-hybridized carbons (Fsp3) is 0.0870.